The molecule has 0 radical (unpaired) electrons. The summed E-state index contributed by atoms with van der Waals surface area (Å²) in [4.78, 5) is 2.43. The van der Waals surface area contributed by atoms with E-state index >= 15 is 0 Å². The number of nitrogens with one attached hydrogen (secondary N) is 1. The van der Waals surface area contributed by atoms with Crippen molar-refractivity contribution in [1.29, 1.82) is 5.26 Å². The van der Waals surface area contributed by atoms with E-state index in [0.717, 1.165) is 25.6 Å². The molecule has 2 rings (SSSR count). The first kappa shape index (κ1) is 10.9. The first-order valence-electron chi connectivity index (χ1n) is 6.14. The van der Waals surface area contributed by atoms with Gasteiger partial charge in [0.25, 0.3) is 0 Å². The van der Waals surface area contributed by atoms with Crippen LogP contribution in [0.15, 0.2) is 0 Å². The Morgan fingerprint density at radius 1 is 1.33 bits per heavy atom. The van der Waals surface area contributed by atoms with E-state index in [9.17, 15) is 0 Å². The van der Waals surface area contributed by atoms with E-state index in [4.69, 9.17) is 5.26 Å². The van der Waals surface area contributed by atoms with Crippen LogP contribution in [0, 0.1) is 17.2 Å². The lowest BCUT2D eigenvalue weighted by Crippen LogP contribution is -2.38. The van der Waals surface area contributed by atoms with E-state index in [1.54, 1.807) is 0 Å². The number of likely N-dealkylation sites (N-methyl/N-ethyl adjacent to an activating group) is 1. The molecule has 2 saturated carbocycles. The largest absolute Gasteiger partial charge is 0.311 e. The maximum absolute atomic E-state index is 8.94. The van der Waals surface area contributed by atoms with Gasteiger partial charge in [-0.25, -0.2) is 0 Å². The summed E-state index contributed by atoms with van der Waals surface area (Å²) < 4.78 is 0. The topological polar surface area (TPSA) is 39.1 Å². The van der Waals surface area contributed by atoms with Crippen LogP contribution in [-0.2, 0) is 0 Å². The van der Waals surface area contributed by atoms with Gasteiger partial charge in [0, 0.05) is 25.2 Å². The Bertz CT molecular complexity index is 242. The third kappa shape index (κ3) is 2.93. The molecule has 2 aliphatic carbocycles. The van der Waals surface area contributed by atoms with Gasteiger partial charge in [-0.2, -0.15) is 5.26 Å². The Morgan fingerprint density at radius 3 is 2.80 bits per heavy atom. The molecule has 2 aliphatic rings. The molecular formula is C12H21N3. The molecular weight excluding hydrogens is 186 g/mol. The Morgan fingerprint density at radius 2 is 2.13 bits per heavy atom. The van der Waals surface area contributed by atoms with Crippen molar-refractivity contribution in [1.82, 2.24) is 10.2 Å². The van der Waals surface area contributed by atoms with Gasteiger partial charge in [0.1, 0.15) is 0 Å². The summed E-state index contributed by atoms with van der Waals surface area (Å²) in [6.07, 6.45) is 6.24. The van der Waals surface area contributed by atoms with Crippen molar-refractivity contribution in [2.24, 2.45) is 5.92 Å². The van der Waals surface area contributed by atoms with Crippen molar-refractivity contribution in [2.75, 3.05) is 20.1 Å². The standard InChI is InChI=1S/C12H21N3/c1-15(11-5-6-11)8-7-14-12-4-2-3-10(12)9-13/h10-12,14H,2-8H2,1H3. The molecule has 2 unspecified atom stereocenters. The van der Waals surface area contributed by atoms with Gasteiger partial charge < -0.3 is 10.2 Å². The Hall–Kier alpha value is -0.590. The lowest BCUT2D eigenvalue weighted by atomic mass is 10.1. The van der Waals surface area contributed by atoms with Crippen LogP contribution in [0.4, 0.5) is 0 Å². The molecule has 0 bridgehead atoms. The summed E-state index contributed by atoms with van der Waals surface area (Å²) in [6, 6.07) is 3.72. The highest BCUT2D eigenvalue weighted by atomic mass is 15.2. The number of hydrogen-bond donors (Lipinski definition) is 1. The molecule has 15 heavy (non-hydrogen) atoms. The summed E-state index contributed by atoms with van der Waals surface area (Å²) in [7, 11) is 2.20. The normalized spacial score (nSPS) is 30.7. The fourth-order valence-electron chi connectivity index (χ4n) is 2.48. The Labute approximate surface area is 92.4 Å². The van der Waals surface area contributed by atoms with Crippen LogP contribution in [0.1, 0.15) is 32.1 Å². The third-order valence-corrected chi connectivity index (χ3v) is 3.72. The third-order valence-electron chi connectivity index (χ3n) is 3.72. The first-order valence-corrected chi connectivity index (χ1v) is 6.14. The van der Waals surface area contributed by atoms with Crippen molar-refractivity contribution < 1.29 is 0 Å². The number of rotatable bonds is 5. The fourth-order valence-corrected chi connectivity index (χ4v) is 2.48. The van der Waals surface area contributed by atoms with Crippen LogP contribution in [0.2, 0.25) is 0 Å². The second-order valence-electron chi connectivity index (χ2n) is 4.94. The van der Waals surface area contributed by atoms with Crippen LogP contribution in [0.3, 0.4) is 0 Å². The van der Waals surface area contributed by atoms with Crippen molar-refractivity contribution in [3.8, 4) is 6.07 Å². The van der Waals surface area contributed by atoms with Crippen LogP contribution in [-0.4, -0.2) is 37.1 Å². The van der Waals surface area contributed by atoms with Crippen LogP contribution >= 0.6 is 0 Å². The van der Waals surface area contributed by atoms with Gasteiger partial charge in [0.15, 0.2) is 0 Å². The Balaban J connectivity index is 1.62. The predicted octanol–water partition coefficient (Wildman–Crippen LogP) is 1.36. The smallest absolute Gasteiger partial charge is 0.0672 e. The Kier molecular flexibility index (Phi) is 3.61. The molecule has 0 aromatic rings. The van der Waals surface area contributed by atoms with Gasteiger partial charge >= 0.3 is 0 Å². The molecule has 0 heterocycles. The summed E-state index contributed by atoms with van der Waals surface area (Å²) in [5, 5.41) is 12.5. The van der Waals surface area contributed by atoms with Gasteiger partial charge in [-0.15, -0.1) is 0 Å². The summed E-state index contributed by atoms with van der Waals surface area (Å²) in [5.74, 6) is 0.260. The number of nitrogens with zero attached hydrogens (tertiary/aromatic N) is 2. The fraction of sp³-hybridized carbons (Fsp3) is 0.917. The highest BCUT2D eigenvalue weighted by Crippen LogP contribution is 2.26. The molecule has 2 atom stereocenters. The maximum Gasteiger partial charge on any atom is 0.0672 e. The van der Waals surface area contributed by atoms with Gasteiger partial charge in [0.05, 0.1) is 12.0 Å². The molecule has 0 aromatic heterocycles. The van der Waals surface area contributed by atoms with Crippen LogP contribution in [0.25, 0.3) is 0 Å². The van der Waals surface area contributed by atoms with E-state index in [1.807, 2.05) is 0 Å². The van der Waals surface area contributed by atoms with E-state index in [2.05, 4.69) is 23.3 Å². The highest BCUT2D eigenvalue weighted by Gasteiger charge is 2.28. The molecule has 0 amide bonds. The zero-order valence-electron chi connectivity index (χ0n) is 9.58. The quantitative estimate of drug-likeness (QED) is 0.740. The van der Waals surface area contributed by atoms with E-state index in [-0.39, 0.29) is 5.92 Å². The average molecular weight is 207 g/mol. The SMILES string of the molecule is CN(CCNC1CCCC1C#N)C1CC1. The average Bonchev–Trinajstić information content (AvgIpc) is 2.99. The molecule has 2 fully saturated rings. The summed E-state index contributed by atoms with van der Waals surface area (Å²) in [5.41, 5.74) is 0. The molecule has 1 N–H and O–H groups in total. The maximum atomic E-state index is 8.94. The second kappa shape index (κ2) is 4.96. The lowest BCUT2D eigenvalue weighted by Gasteiger charge is -2.19. The zero-order valence-corrected chi connectivity index (χ0v) is 9.58. The monoisotopic (exact) mass is 207 g/mol. The lowest BCUT2D eigenvalue weighted by molar-refractivity contribution is 0.310. The van der Waals surface area contributed by atoms with E-state index in [1.165, 1.54) is 25.7 Å². The van der Waals surface area contributed by atoms with Crippen molar-refractivity contribution >= 4 is 0 Å². The second-order valence-corrected chi connectivity index (χ2v) is 4.94. The van der Waals surface area contributed by atoms with Crippen molar-refractivity contribution in [3.05, 3.63) is 0 Å². The molecule has 0 aromatic carbocycles. The van der Waals surface area contributed by atoms with E-state index < -0.39 is 0 Å². The zero-order chi connectivity index (χ0) is 10.7. The molecule has 0 saturated heterocycles. The molecule has 0 aliphatic heterocycles. The predicted molar refractivity (Wildman–Crippen MR) is 60.4 cm³/mol. The molecule has 3 nitrogen and oxygen atoms in total. The molecule has 3 heteroatoms. The van der Waals surface area contributed by atoms with Crippen LogP contribution < -0.4 is 5.32 Å². The van der Waals surface area contributed by atoms with E-state index in [0.29, 0.717) is 6.04 Å². The number of hydrogen-bond acceptors (Lipinski definition) is 3. The highest BCUT2D eigenvalue weighted by molar-refractivity contribution is 4.96. The summed E-state index contributed by atoms with van der Waals surface area (Å²) in [6.45, 7) is 2.16. The first-order chi connectivity index (χ1) is 7.31. The van der Waals surface area contributed by atoms with Crippen molar-refractivity contribution in [3.63, 3.8) is 0 Å². The van der Waals surface area contributed by atoms with Gasteiger partial charge in [-0.3, -0.25) is 0 Å². The van der Waals surface area contributed by atoms with Gasteiger partial charge in [-0.1, -0.05) is 6.42 Å². The van der Waals surface area contributed by atoms with Crippen molar-refractivity contribution in [2.45, 2.75) is 44.2 Å². The van der Waals surface area contributed by atoms with Gasteiger partial charge in [-0.05, 0) is 32.7 Å². The van der Waals surface area contributed by atoms with Crippen LogP contribution in [0.5, 0.6) is 0 Å². The number of nitriles is 1. The minimum absolute atomic E-state index is 0.260. The minimum atomic E-state index is 0.260. The molecule has 84 valence electrons. The summed E-state index contributed by atoms with van der Waals surface area (Å²) >= 11 is 0. The minimum Gasteiger partial charge on any atom is -0.311 e. The molecule has 0 spiro atoms. The van der Waals surface area contributed by atoms with Gasteiger partial charge in [0.2, 0.25) is 0 Å².